The Balaban J connectivity index is 1.94. The summed E-state index contributed by atoms with van der Waals surface area (Å²) >= 11 is 1.75. The van der Waals surface area contributed by atoms with Gasteiger partial charge in [0.1, 0.15) is 4.70 Å². The molecule has 0 fully saturated rings. The topological polar surface area (TPSA) is 27.7 Å². The predicted molar refractivity (Wildman–Crippen MR) is 72.3 cm³/mol. The van der Waals surface area contributed by atoms with Crippen LogP contribution in [0.2, 0.25) is 0 Å². The van der Waals surface area contributed by atoms with Gasteiger partial charge in [-0.05, 0) is 18.2 Å². The number of benzene rings is 2. The zero-order chi connectivity index (χ0) is 12.4. The molecule has 0 saturated carbocycles. The van der Waals surface area contributed by atoms with Gasteiger partial charge in [-0.2, -0.15) is 9.83 Å². The Kier molecular flexibility index (Phi) is 2.79. The standard InChI is InChI=1S/C15H11N2S/c16-9-12-5-7-13(8-6-12)10-17-11-18-15-4-2-1-3-14(15)17/h1-8,11H,10H2/q+1. The van der Waals surface area contributed by atoms with Crippen LogP contribution in [-0.4, -0.2) is 0 Å². The summed E-state index contributed by atoms with van der Waals surface area (Å²) in [4.78, 5) is 0. The average molecular weight is 251 g/mol. The molecule has 0 amide bonds. The quantitative estimate of drug-likeness (QED) is 0.643. The van der Waals surface area contributed by atoms with Crippen molar-refractivity contribution in [2.24, 2.45) is 0 Å². The van der Waals surface area contributed by atoms with Gasteiger partial charge in [0.2, 0.25) is 11.0 Å². The molecule has 0 aliphatic heterocycles. The number of nitriles is 1. The number of thiazole rings is 1. The fourth-order valence-electron chi connectivity index (χ4n) is 1.98. The van der Waals surface area contributed by atoms with Crippen LogP contribution in [0.15, 0.2) is 54.0 Å². The highest BCUT2D eigenvalue weighted by Gasteiger charge is 2.11. The van der Waals surface area contributed by atoms with Crippen molar-refractivity contribution in [3.05, 3.63) is 65.2 Å². The molecule has 86 valence electrons. The summed E-state index contributed by atoms with van der Waals surface area (Å²) in [5.74, 6) is 0. The minimum Gasteiger partial charge on any atom is -0.192 e. The third-order valence-corrected chi connectivity index (χ3v) is 3.88. The van der Waals surface area contributed by atoms with E-state index >= 15 is 0 Å². The number of para-hydroxylation sites is 1. The maximum absolute atomic E-state index is 8.77. The van der Waals surface area contributed by atoms with Gasteiger partial charge in [-0.3, -0.25) is 0 Å². The summed E-state index contributed by atoms with van der Waals surface area (Å²) in [6.45, 7) is 0.843. The van der Waals surface area contributed by atoms with Gasteiger partial charge in [-0.15, -0.1) is 0 Å². The first kappa shape index (κ1) is 10.9. The van der Waals surface area contributed by atoms with Gasteiger partial charge in [0.05, 0.1) is 11.6 Å². The lowest BCUT2D eigenvalue weighted by Crippen LogP contribution is -2.31. The highest BCUT2D eigenvalue weighted by atomic mass is 32.1. The van der Waals surface area contributed by atoms with Gasteiger partial charge in [0, 0.05) is 11.6 Å². The van der Waals surface area contributed by atoms with E-state index in [2.05, 4.69) is 40.4 Å². The van der Waals surface area contributed by atoms with Crippen LogP contribution < -0.4 is 4.57 Å². The first-order valence-corrected chi connectivity index (χ1v) is 6.59. The lowest BCUT2D eigenvalue weighted by Gasteiger charge is -1.96. The van der Waals surface area contributed by atoms with E-state index in [-0.39, 0.29) is 0 Å². The normalized spacial score (nSPS) is 10.4. The number of fused-ring (bicyclic) bond motifs is 1. The minimum atomic E-state index is 0.707. The maximum Gasteiger partial charge on any atom is 0.226 e. The van der Waals surface area contributed by atoms with E-state index in [0.717, 1.165) is 6.54 Å². The number of aromatic nitrogens is 1. The van der Waals surface area contributed by atoms with Crippen LogP contribution in [0.3, 0.4) is 0 Å². The average Bonchev–Trinajstić information content (AvgIpc) is 2.83. The largest absolute Gasteiger partial charge is 0.226 e. The molecule has 1 heterocycles. The van der Waals surface area contributed by atoms with Crippen LogP contribution in [0.4, 0.5) is 0 Å². The number of hydrogen-bond donors (Lipinski definition) is 0. The second-order valence-electron chi connectivity index (χ2n) is 4.13. The fourth-order valence-corrected chi connectivity index (χ4v) is 2.87. The third-order valence-electron chi connectivity index (χ3n) is 2.92. The van der Waals surface area contributed by atoms with Gasteiger partial charge in [-0.1, -0.05) is 35.6 Å². The van der Waals surface area contributed by atoms with E-state index in [1.165, 1.54) is 15.8 Å². The van der Waals surface area contributed by atoms with Crippen molar-refractivity contribution >= 4 is 21.6 Å². The van der Waals surface area contributed by atoms with E-state index in [1.807, 2.05) is 24.3 Å². The van der Waals surface area contributed by atoms with E-state index < -0.39 is 0 Å². The van der Waals surface area contributed by atoms with Crippen molar-refractivity contribution in [2.75, 3.05) is 0 Å². The van der Waals surface area contributed by atoms with Crippen molar-refractivity contribution in [1.82, 2.24) is 0 Å². The molecule has 0 spiro atoms. The smallest absolute Gasteiger partial charge is 0.192 e. The molecule has 3 rings (SSSR count). The molecule has 0 atom stereocenters. The first-order valence-electron chi connectivity index (χ1n) is 5.71. The number of nitrogens with zero attached hydrogens (tertiary/aromatic N) is 2. The molecule has 2 aromatic carbocycles. The molecule has 0 aliphatic carbocycles. The monoisotopic (exact) mass is 251 g/mol. The lowest BCUT2D eigenvalue weighted by molar-refractivity contribution is -0.658. The third kappa shape index (κ3) is 1.99. The van der Waals surface area contributed by atoms with Gasteiger partial charge in [0.25, 0.3) is 0 Å². The Bertz CT molecular complexity index is 720. The van der Waals surface area contributed by atoms with Crippen molar-refractivity contribution in [3.63, 3.8) is 0 Å². The van der Waals surface area contributed by atoms with E-state index in [9.17, 15) is 0 Å². The molecule has 3 heteroatoms. The van der Waals surface area contributed by atoms with Crippen molar-refractivity contribution in [1.29, 1.82) is 5.26 Å². The molecule has 1 aromatic heterocycles. The second kappa shape index (κ2) is 4.59. The lowest BCUT2D eigenvalue weighted by atomic mass is 10.1. The summed E-state index contributed by atoms with van der Waals surface area (Å²) in [7, 11) is 0. The fraction of sp³-hybridized carbons (Fsp3) is 0.0667. The van der Waals surface area contributed by atoms with E-state index in [4.69, 9.17) is 5.26 Å². The van der Waals surface area contributed by atoms with Crippen molar-refractivity contribution < 1.29 is 4.57 Å². The molecule has 0 N–H and O–H groups in total. The molecule has 0 bridgehead atoms. The first-order chi connectivity index (χ1) is 8.86. The van der Waals surface area contributed by atoms with Crippen LogP contribution in [0, 0.1) is 11.3 Å². The van der Waals surface area contributed by atoms with Crippen LogP contribution in [0.5, 0.6) is 0 Å². The summed E-state index contributed by atoms with van der Waals surface area (Å²) < 4.78 is 3.53. The van der Waals surface area contributed by atoms with Gasteiger partial charge in [-0.25, -0.2) is 0 Å². The molecule has 0 unspecified atom stereocenters. The minimum absolute atomic E-state index is 0.707. The molecule has 0 saturated heterocycles. The van der Waals surface area contributed by atoms with Gasteiger partial charge in [0.15, 0.2) is 6.54 Å². The molecule has 0 aliphatic rings. The molecule has 0 radical (unpaired) electrons. The van der Waals surface area contributed by atoms with Crippen LogP contribution in [-0.2, 0) is 6.54 Å². The molecule has 2 nitrogen and oxygen atoms in total. The van der Waals surface area contributed by atoms with E-state index in [1.54, 1.807) is 11.3 Å². The molecule has 18 heavy (non-hydrogen) atoms. The Morgan fingerprint density at radius 1 is 1.06 bits per heavy atom. The summed E-state index contributed by atoms with van der Waals surface area (Å²) in [5.41, 5.74) is 5.32. The Hall–Kier alpha value is -2.18. The van der Waals surface area contributed by atoms with Gasteiger partial charge < -0.3 is 0 Å². The Labute approximate surface area is 109 Å². The summed E-state index contributed by atoms with van der Waals surface area (Å²) in [5, 5.41) is 8.77. The SMILES string of the molecule is N#Cc1ccc(C[n+]2csc3ccccc32)cc1. The second-order valence-corrected chi connectivity index (χ2v) is 5.01. The van der Waals surface area contributed by atoms with Crippen LogP contribution >= 0.6 is 11.3 Å². The molecular weight excluding hydrogens is 240 g/mol. The zero-order valence-electron chi connectivity index (χ0n) is 9.71. The predicted octanol–water partition coefficient (Wildman–Crippen LogP) is 3.11. The Morgan fingerprint density at radius 3 is 2.61 bits per heavy atom. The van der Waals surface area contributed by atoms with Crippen LogP contribution in [0.25, 0.3) is 10.2 Å². The number of rotatable bonds is 2. The maximum atomic E-state index is 8.77. The van der Waals surface area contributed by atoms with Crippen LogP contribution in [0.1, 0.15) is 11.1 Å². The summed E-state index contributed by atoms with van der Waals surface area (Å²) in [6.07, 6.45) is 0. The number of hydrogen-bond acceptors (Lipinski definition) is 2. The summed E-state index contributed by atoms with van der Waals surface area (Å²) in [6, 6.07) is 18.3. The Morgan fingerprint density at radius 2 is 1.83 bits per heavy atom. The highest BCUT2D eigenvalue weighted by molar-refractivity contribution is 7.16. The molecule has 3 aromatic rings. The highest BCUT2D eigenvalue weighted by Crippen LogP contribution is 2.15. The van der Waals surface area contributed by atoms with Crippen molar-refractivity contribution in [3.8, 4) is 6.07 Å². The molecular formula is C15H11N2S+. The van der Waals surface area contributed by atoms with E-state index in [0.29, 0.717) is 5.56 Å². The zero-order valence-corrected chi connectivity index (χ0v) is 10.5. The van der Waals surface area contributed by atoms with Gasteiger partial charge >= 0.3 is 0 Å². The van der Waals surface area contributed by atoms with Crippen molar-refractivity contribution in [2.45, 2.75) is 6.54 Å².